The fraction of sp³-hybridized carbons (Fsp3) is 0.316. The van der Waals surface area contributed by atoms with Crippen molar-refractivity contribution in [3.8, 4) is 0 Å². The van der Waals surface area contributed by atoms with Crippen LogP contribution < -0.4 is 5.32 Å². The minimum absolute atomic E-state index is 0.139. The van der Waals surface area contributed by atoms with Crippen molar-refractivity contribution in [2.75, 3.05) is 18.4 Å². The molecule has 0 aliphatic rings. The molecule has 7 heteroatoms. The highest BCUT2D eigenvalue weighted by molar-refractivity contribution is 6.35. The quantitative estimate of drug-likeness (QED) is 0.726. The molecule has 2 amide bonds. The lowest BCUT2D eigenvalue weighted by atomic mass is 10.2. The van der Waals surface area contributed by atoms with Crippen LogP contribution in [0.25, 0.3) is 0 Å². The van der Waals surface area contributed by atoms with Crippen LogP contribution in [-0.4, -0.2) is 34.8 Å². The van der Waals surface area contributed by atoms with E-state index in [0.29, 0.717) is 28.8 Å². The molecule has 0 saturated heterocycles. The topological polar surface area (TPSA) is 62.3 Å². The highest BCUT2D eigenvalue weighted by atomic mass is 35.5. The largest absolute Gasteiger partial charge is 0.337 e. The summed E-state index contributed by atoms with van der Waals surface area (Å²) in [6.45, 7) is 5.34. The molecular formula is C19H21Cl2N3O2. The summed E-state index contributed by atoms with van der Waals surface area (Å²) < 4.78 is 0. The monoisotopic (exact) mass is 393 g/mol. The van der Waals surface area contributed by atoms with Gasteiger partial charge in [0.1, 0.15) is 11.4 Å². The highest BCUT2D eigenvalue weighted by Crippen LogP contribution is 2.25. The third-order valence-corrected chi connectivity index (χ3v) is 4.22. The number of pyridine rings is 1. The van der Waals surface area contributed by atoms with Gasteiger partial charge in [-0.05, 0) is 43.2 Å². The zero-order chi connectivity index (χ0) is 19.1. The molecule has 5 nitrogen and oxygen atoms in total. The fourth-order valence-corrected chi connectivity index (χ4v) is 2.81. The SMILES string of the molecule is CCCN(CCC)C(=O)c1cccc(C(=O)Nc2cc(Cl)ccc2Cl)n1. The molecule has 2 rings (SSSR count). The fourth-order valence-electron chi connectivity index (χ4n) is 2.48. The summed E-state index contributed by atoms with van der Waals surface area (Å²) in [6.07, 6.45) is 1.72. The molecule has 1 aromatic carbocycles. The maximum atomic E-state index is 12.6. The Morgan fingerprint density at radius 1 is 1.04 bits per heavy atom. The molecule has 138 valence electrons. The number of nitrogens with one attached hydrogen (secondary N) is 1. The van der Waals surface area contributed by atoms with Gasteiger partial charge in [-0.3, -0.25) is 9.59 Å². The molecular weight excluding hydrogens is 373 g/mol. The number of benzene rings is 1. The first-order valence-corrected chi connectivity index (χ1v) is 9.24. The summed E-state index contributed by atoms with van der Waals surface area (Å²) in [5.74, 6) is -0.634. The second kappa shape index (κ2) is 9.55. The molecule has 0 aliphatic heterocycles. The van der Waals surface area contributed by atoms with Gasteiger partial charge < -0.3 is 10.2 Å². The first kappa shape index (κ1) is 20.2. The molecule has 1 aromatic heterocycles. The Morgan fingerprint density at radius 2 is 1.69 bits per heavy atom. The minimum atomic E-state index is -0.457. The van der Waals surface area contributed by atoms with E-state index in [9.17, 15) is 9.59 Å². The number of anilines is 1. The van der Waals surface area contributed by atoms with Crippen LogP contribution in [0.4, 0.5) is 5.69 Å². The average Bonchev–Trinajstić information content (AvgIpc) is 2.64. The predicted octanol–water partition coefficient (Wildman–Crippen LogP) is 4.90. The Morgan fingerprint density at radius 3 is 2.35 bits per heavy atom. The van der Waals surface area contributed by atoms with Crippen molar-refractivity contribution < 1.29 is 9.59 Å². The van der Waals surface area contributed by atoms with Gasteiger partial charge in [0.15, 0.2) is 0 Å². The van der Waals surface area contributed by atoms with Crippen molar-refractivity contribution >= 4 is 40.7 Å². The molecule has 1 N–H and O–H groups in total. The zero-order valence-electron chi connectivity index (χ0n) is 14.8. The lowest BCUT2D eigenvalue weighted by Crippen LogP contribution is -2.33. The van der Waals surface area contributed by atoms with E-state index in [4.69, 9.17) is 23.2 Å². The smallest absolute Gasteiger partial charge is 0.274 e. The lowest BCUT2D eigenvalue weighted by molar-refractivity contribution is 0.0749. The number of hydrogen-bond acceptors (Lipinski definition) is 3. The van der Waals surface area contributed by atoms with Gasteiger partial charge in [-0.2, -0.15) is 0 Å². The molecule has 0 saturated carbocycles. The molecule has 0 atom stereocenters. The number of carbonyl (C=O) groups is 2. The van der Waals surface area contributed by atoms with Crippen LogP contribution in [0.5, 0.6) is 0 Å². The molecule has 2 aromatic rings. The van der Waals surface area contributed by atoms with Crippen LogP contribution in [0.1, 0.15) is 47.7 Å². The number of carbonyl (C=O) groups excluding carboxylic acids is 2. The normalized spacial score (nSPS) is 10.5. The third kappa shape index (κ3) is 5.19. The molecule has 26 heavy (non-hydrogen) atoms. The van der Waals surface area contributed by atoms with E-state index in [-0.39, 0.29) is 17.3 Å². The van der Waals surface area contributed by atoms with Crippen molar-refractivity contribution in [1.82, 2.24) is 9.88 Å². The van der Waals surface area contributed by atoms with Crippen LogP contribution in [0.15, 0.2) is 36.4 Å². The number of nitrogens with zero attached hydrogens (tertiary/aromatic N) is 2. The van der Waals surface area contributed by atoms with Gasteiger partial charge in [0, 0.05) is 18.1 Å². The Bertz CT molecular complexity index is 790. The molecule has 0 unspecified atom stereocenters. The maximum Gasteiger partial charge on any atom is 0.274 e. The molecule has 0 aliphatic carbocycles. The Balaban J connectivity index is 2.21. The average molecular weight is 394 g/mol. The number of aromatic nitrogens is 1. The summed E-state index contributed by atoms with van der Waals surface area (Å²) in [6, 6.07) is 9.59. The molecule has 1 heterocycles. The van der Waals surface area contributed by atoms with Gasteiger partial charge in [-0.15, -0.1) is 0 Å². The van der Waals surface area contributed by atoms with Crippen LogP contribution in [-0.2, 0) is 0 Å². The van der Waals surface area contributed by atoms with Gasteiger partial charge in [0.05, 0.1) is 10.7 Å². The van der Waals surface area contributed by atoms with Crippen molar-refractivity contribution in [2.45, 2.75) is 26.7 Å². The summed E-state index contributed by atoms with van der Waals surface area (Å²) in [4.78, 5) is 31.1. The van der Waals surface area contributed by atoms with Crippen molar-refractivity contribution in [2.24, 2.45) is 0 Å². The molecule has 0 fully saturated rings. The van der Waals surface area contributed by atoms with E-state index >= 15 is 0 Å². The Labute approximate surface area is 163 Å². The van der Waals surface area contributed by atoms with Crippen LogP contribution >= 0.6 is 23.2 Å². The van der Waals surface area contributed by atoms with E-state index in [1.54, 1.807) is 41.3 Å². The van der Waals surface area contributed by atoms with Gasteiger partial charge in [0.2, 0.25) is 0 Å². The third-order valence-electron chi connectivity index (χ3n) is 3.65. The predicted molar refractivity (Wildman–Crippen MR) is 105 cm³/mol. The van der Waals surface area contributed by atoms with Crippen LogP contribution in [0.2, 0.25) is 10.0 Å². The number of amides is 2. The molecule has 0 radical (unpaired) electrons. The molecule has 0 spiro atoms. The number of hydrogen-bond donors (Lipinski definition) is 1. The summed E-state index contributed by atoms with van der Waals surface area (Å²) in [5, 5.41) is 3.49. The van der Waals surface area contributed by atoms with E-state index < -0.39 is 5.91 Å². The van der Waals surface area contributed by atoms with Crippen molar-refractivity contribution in [3.63, 3.8) is 0 Å². The van der Waals surface area contributed by atoms with E-state index in [1.807, 2.05) is 13.8 Å². The van der Waals surface area contributed by atoms with E-state index in [1.165, 1.54) is 0 Å². The summed E-state index contributed by atoms with van der Waals surface area (Å²) in [7, 11) is 0. The zero-order valence-corrected chi connectivity index (χ0v) is 16.3. The van der Waals surface area contributed by atoms with Gasteiger partial charge in [-0.25, -0.2) is 4.98 Å². The van der Waals surface area contributed by atoms with E-state index in [2.05, 4.69) is 10.3 Å². The second-order valence-corrected chi connectivity index (χ2v) is 6.62. The van der Waals surface area contributed by atoms with Crippen molar-refractivity contribution in [1.29, 1.82) is 0 Å². The second-order valence-electron chi connectivity index (χ2n) is 5.78. The number of rotatable bonds is 7. The van der Waals surface area contributed by atoms with E-state index in [0.717, 1.165) is 12.8 Å². The summed E-state index contributed by atoms with van der Waals surface area (Å²) in [5.41, 5.74) is 0.776. The van der Waals surface area contributed by atoms with Crippen molar-refractivity contribution in [3.05, 3.63) is 57.8 Å². The highest BCUT2D eigenvalue weighted by Gasteiger charge is 2.18. The van der Waals surface area contributed by atoms with Crippen LogP contribution in [0, 0.1) is 0 Å². The maximum absolute atomic E-state index is 12.6. The Hall–Kier alpha value is -2.11. The summed E-state index contributed by atoms with van der Waals surface area (Å²) >= 11 is 12.0. The molecule has 0 bridgehead atoms. The first-order chi connectivity index (χ1) is 12.5. The minimum Gasteiger partial charge on any atom is -0.337 e. The standard InChI is InChI=1S/C19H21Cl2N3O2/c1-3-10-24(11-4-2)19(26)16-7-5-6-15(22-16)18(25)23-17-12-13(20)8-9-14(17)21/h5-9,12H,3-4,10-11H2,1-2H3,(H,23,25). The first-order valence-electron chi connectivity index (χ1n) is 8.49. The van der Waals surface area contributed by atoms with Crippen LogP contribution in [0.3, 0.4) is 0 Å². The van der Waals surface area contributed by atoms with Gasteiger partial charge in [-0.1, -0.05) is 43.1 Å². The lowest BCUT2D eigenvalue weighted by Gasteiger charge is -2.21. The van der Waals surface area contributed by atoms with Gasteiger partial charge >= 0.3 is 0 Å². The van der Waals surface area contributed by atoms with Gasteiger partial charge in [0.25, 0.3) is 11.8 Å². The number of halogens is 2. The Kier molecular flexibility index (Phi) is 7.42.